The fraction of sp³-hybridized carbons (Fsp3) is 0.389. The molecule has 0 aliphatic rings. The maximum absolute atomic E-state index is 12.4. The molecule has 8 heteroatoms. The van der Waals surface area contributed by atoms with Crippen molar-refractivity contribution < 1.29 is 13.5 Å². The third kappa shape index (κ3) is 4.69. The van der Waals surface area contributed by atoms with Crippen molar-refractivity contribution >= 4 is 22.7 Å². The Morgan fingerprint density at radius 2 is 1.96 bits per heavy atom. The first-order valence-corrected chi connectivity index (χ1v) is 9.84. The van der Waals surface area contributed by atoms with Crippen LogP contribution < -0.4 is 0 Å². The lowest BCUT2D eigenvalue weighted by molar-refractivity contribution is 0.00900. The van der Waals surface area contributed by atoms with Gasteiger partial charge in [-0.15, -0.1) is 22.7 Å². The van der Waals surface area contributed by atoms with E-state index < -0.39 is 19.5 Å². The van der Waals surface area contributed by atoms with E-state index in [9.17, 15) is 8.78 Å². The number of nitrogens with zero attached hydrogens (tertiary/aromatic N) is 3. The van der Waals surface area contributed by atoms with E-state index in [1.165, 1.54) is 0 Å². The molecule has 4 nitrogen and oxygen atoms in total. The molecule has 3 aromatic heterocycles. The molecule has 0 spiro atoms. The fourth-order valence-corrected chi connectivity index (χ4v) is 4.17. The first-order chi connectivity index (χ1) is 12.6. The Hall–Kier alpha value is -1.77. The minimum atomic E-state index is -0.998. The molecule has 138 valence electrons. The fourth-order valence-electron chi connectivity index (χ4n) is 2.41. The Balaban J connectivity index is 1.62. The largest absolute Gasteiger partial charge is 0.368 e. The number of ether oxygens (including phenoxy) is 1. The molecule has 0 atom stereocenters. The highest BCUT2D eigenvalue weighted by Gasteiger charge is 2.12. The maximum Gasteiger partial charge on any atom is 0.118 e. The Morgan fingerprint density at radius 3 is 2.58 bits per heavy atom. The molecule has 0 saturated carbocycles. The van der Waals surface area contributed by atoms with Crippen LogP contribution in [0.1, 0.15) is 27.0 Å². The number of alkyl halides is 2. The summed E-state index contributed by atoms with van der Waals surface area (Å²) < 4.78 is 30.0. The van der Waals surface area contributed by atoms with Gasteiger partial charge in [0.15, 0.2) is 0 Å². The zero-order valence-corrected chi connectivity index (χ0v) is 16.2. The number of halogens is 2. The van der Waals surface area contributed by atoms with Crippen molar-refractivity contribution in [1.29, 1.82) is 0 Å². The Kier molecular flexibility index (Phi) is 6.39. The predicted octanol–water partition coefficient (Wildman–Crippen LogP) is 4.69. The van der Waals surface area contributed by atoms with Gasteiger partial charge in [-0.25, -0.2) is 18.7 Å². The van der Waals surface area contributed by atoms with Gasteiger partial charge in [-0.05, 0) is 25.5 Å². The van der Waals surface area contributed by atoms with Crippen LogP contribution in [-0.2, 0) is 17.8 Å². The van der Waals surface area contributed by atoms with E-state index in [2.05, 4.69) is 9.97 Å². The van der Waals surface area contributed by atoms with Crippen LogP contribution in [0.2, 0.25) is 0 Å². The normalized spacial score (nSPS) is 11.4. The molecule has 0 fully saturated rings. The summed E-state index contributed by atoms with van der Waals surface area (Å²) >= 11 is 3.25. The average Bonchev–Trinajstić information content (AvgIpc) is 3.23. The molecule has 3 rings (SSSR count). The van der Waals surface area contributed by atoms with Crippen LogP contribution in [0.5, 0.6) is 0 Å². The highest BCUT2D eigenvalue weighted by Crippen LogP contribution is 2.31. The maximum atomic E-state index is 12.4. The molecule has 0 radical (unpaired) electrons. The molecule has 0 aliphatic heterocycles. The number of rotatable bonds is 8. The van der Waals surface area contributed by atoms with E-state index >= 15 is 0 Å². The van der Waals surface area contributed by atoms with Gasteiger partial charge in [0.25, 0.3) is 0 Å². The number of aryl methyl sites for hydroxylation is 2. The molecule has 0 saturated heterocycles. The Labute approximate surface area is 158 Å². The van der Waals surface area contributed by atoms with Crippen LogP contribution in [-0.4, -0.2) is 34.4 Å². The summed E-state index contributed by atoms with van der Waals surface area (Å²) in [6.07, 6.45) is 1.32. The smallest absolute Gasteiger partial charge is 0.118 e. The monoisotopic (exact) mass is 395 g/mol. The van der Waals surface area contributed by atoms with Gasteiger partial charge in [0.2, 0.25) is 0 Å². The van der Waals surface area contributed by atoms with E-state index in [4.69, 9.17) is 9.72 Å². The molecule has 0 N–H and O–H groups in total. The molecule has 26 heavy (non-hydrogen) atoms. The SMILES string of the molecule is Cc1nc(C)c(-c2csc(Cc3ccc(COC(CF)CF)cn3)n2)s1. The van der Waals surface area contributed by atoms with Crippen molar-refractivity contribution in [3.05, 3.63) is 50.7 Å². The first-order valence-electron chi connectivity index (χ1n) is 8.15. The standard InChI is InChI=1S/C18H19F2N3OS2/c1-11-18(26-12(2)22-11)16-10-25-17(23-16)5-14-4-3-13(8-21-14)9-24-15(6-19)7-20/h3-4,8,10,15H,5-7,9H2,1-2H3. The number of hydrogen-bond donors (Lipinski definition) is 0. The summed E-state index contributed by atoms with van der Waals surface area (Å²) in [6, 6.07) is 3.75. The van der Waals surface area contributed by atoms with E-state index in [1.807, 2.05) is 31.4 Å². The highest BCUT2D eigenvalue weighted by molar-refractivity contribution is 7.15. The van der Waals surface area contributed by atoms with Crippen LogP contribution in [0.3, 0.4) is 0 Å². The lowest BCUT2D eigenvalue weighted by Gasteiger charge is -2.10. The number of thiazole rings is 2. The van der Waals surface area contributed by atoms with Crippen molar-refractivity contribution in [2.75, 3.05) is 13.3 Å². The van der Waals surface area contributed by atoms with Crippen LogP contribution in [0.4, 0.5) is 8.78 Å². The van der Waals surface area contributed by atoms with Crippen molar-refractivity contribution in [3.63, 3.8) is 0 Å². The molecule has 0 unspecified atom stereocenters. The minimum absolute atomic E-state index is 0.150. The zero-order chi connectivity index (χ0) is 18.5. The Morgan fingerprint density at radius 1 is 1.15 bits per heavy atom. The summed E-state index contributed by atoms with van der Waals surface area (Å²) in [7, 11) is 0. The molecule has 0 aromatic carbocycles. The van der Waals surface area contributed by atoms with Crippen molar-refractivity contribution in [3.8, 4) is 10.6 Å². The summed E-state index contributed by atoms with van der Waals surface area (Å²) in [5.41, 5.74) is 3.64. The second-order valence-corrected chi connectivity index (χ2v) is 8.00. The van der Waals surface area contributed by atoms with E-state index in [0.29, 0.717) is 6.42 Å². The molecule has 0 amide bonds. The number of aromatic nitrogens is 3. The van der Waals surface area contributed by atoms with Gasteiger partial charge >= 0.3 is 0 Å². The van der Waals surface area contributed by atoms with E-state index in [1.54, 1.807) is 28.9 Å². The summed E-state index contributed by atoms with van der Waals surface area (Å²) in [4.78, 5) is 14.6. The van der Waals surface area contributed by atoms with Gasteiger partial charge in [0.05, 0.1) is 32.9 Å². The average molecular weight is 396 g/mol. The quantitative estimate of drug-likeness (QED) is 0.555. The first kappa shape index (κ1) is 19.0. The molecule has 0 bridgehead atoms. The van der Waals surface area contributed by atoms with Crippen LogP contribution in [0, 0.1) is 13.8 Å². The van der Waals surface area contributed by atoms with Crippen molar-refractivity contribution in [1.82, 2.24) is 15.0 Å². The molecular formula is C18H19F2N3OS2. The van der Waals surface area contributed by atoms with Gasteiger partial charge in [-0.1, -0.05) is 6.07 Å². The van der Waals surface area contributed by atoms with E-state index in [0.717, 1.165) is 37.5 Å². The topological polar surface area (TPSA) is 47.9 Å². The van der Waals surface area contributed by atoms with Gasteiger partial charge < -0.3 is 4.74 Å². The highest BCUT2D eigenvalue weighted by atomic mass is 32.1. The molecule has 0 aliphatic carbocycles. The second kappa shape index (κ2) is 8.75. The summed E-state index contributed by atoms with van der Waals surface area (Å²) in [5.74, 6) is 0. The third-order valence-electron chi connectivity index (χ3n) is 3.74. The molecule has 3 aromatic rings. The summed E-state index contributed by atoms with van der Waals surface area (Å²) in [5, 5.41) is 4.07. The lowest BCUT2D eigenvalue weighted by Crippen LogP contribution is -2.17. The van der Waals surface area contributed by atoms with Gasteiger partial charge in [0, 0.05) is 23.7 Å². The zero-order valence-electron chi connectivity index (χ0n) is 14.5. The Bertz CT molecular complexity index is 845. The lowest BCUT2D eigenvalue weighted by atomic mass is 10.2. The minimum Gasteiger partial charge on any atom is -0.368 e. The van der Waals surface area contributed by atoms with Crippen molar-refractivity contribution in [2.45, 2.75) is 33.0 Å². The van der Waals surface area contributed by atoms with Gasteiger partial charge in [0.1, 0.15) is 19.5 Å². The van der Waals surface area contributed by atoms with Crippen LogP contribution in [0.15, 0.2) is 23.7 Å². The predicted molar refractivity (Wildman–Crippen MR) is 100 cm³/mol. The molecule has 3 heterocycles. The third-order valence-corrected chi connectivity index (χ3v) is 5.68. The summed E-state index contributed by atoms with van der Waals surface area (Å²) in [6.45, 7) is 2.49. The second-order valence-electron chi connectivity index (χ2n) is 5.85. The number of hydrogen-bond acceptors (Lipinski definition) is 6. The van der Waals surface area contributed by atoms with Gasteiger partial charge in [-0.2, -0.15) is 0 Å². The molecular weight excluding hydrogens is 376 g/mol. The van der Waals surface area contributed by atoms with Crippen molar-refractivity contribution in [2.24, 2.45) is 0 Å². The van der Waals surface area contributed by atoms with Crippen LogP contribution in [0.25, 0.3) is 10.6 Å². The van der Waals surface area contributed by atoms with Crippen LogP contribution >= 0.6 is 22.7 Å². The van der Waals surface area contributed by atoms with E-state index in [-0.39, 0.29) is 6.61 Å². The van der Waals surface area contributed by atoms with Gasteiger partial charge in [-0.3, -0.25) is 4.98 Å². The number of pyridine rings is 1.